The summed E-state index contributed by atoms with van der Waals surface area (Å²) in [5.41, 5.74) is 0.00760. The number of hydrogen-bond acceptors (Lipinski definition) is 5. The zero-order valence-corrected chi connectivity index (χ0v) is 10.5. The number of carbonyl (C=O) groups is 2. The molecular formula is C11H14N2O4S. The molecule has 7 heteroatoms. The molecule has 0 aliphatic carbocycles. The SMILES string of the molecule is O=C(NCC1CCCCS1)c1cc(C(=O)O)on1. The number of carbonyl (C=O) groups excluding carboxylic acids is 1. The van der Waals surface area contributed by atoms with Crippen LogP contribution in [-0.2, 0) is 0 Å². The van der Waals surface area contributed by atoms with Crippen molar-refractivity contribution in [3.63, 3.8) is 0 Å². The van der Waals surface area contributed by atoms with Crippen LogP contribution in [0.1, 0.15) is 40.3 Å². The van der Waals surface area contributed by atoms with Crippen molar-refractivity contribution in [1.82, 2.24) is 10.5 Å². The maximum Gasteiger partial charge on any atom is 0.374 e. The maximum atomic E-state index is 11.7. The quantitative estimate of drug-likeness (QED) is 0.858. The van der Waals surface area contributed by atoms with Gasteiger partial charge in [-0.05, 0) is 18.6 Å². The molecule has 1 aromatic heterocycles. The number of nitrogens with zero attached hydrogens (tertiary/aromatic N) is 1. The van der Waals surface area contributed by atoms with E-state index < -0.39 is 11.9 Å². The monoisotopic (exact) mass is 270 g/mol. The lowest BCUT2D eigenvalue weighted by molar-refractivity contribution is 0.0651. The summed E-state index contributed by atoms with van der Waals surface area (Å²) in [6.45, 7) is 0.582. The molecule has 1 amide bonds. The molecule has 1 atom stereocenters. The van der Waals surface area contributed by atoms with Gasteiger partial charge < -0.3 is 14.9 Å². The van der Waals surface area contributed by atoms with Gasteiger partial charge in [-0.1, -0.05) is 11.6 Å². The number of hydrogen-bond donors (Lipinski definition) is 2. The van der Waals surface area contributed by atoms with Gasteiger partial charge in [-0.3, -0.25) is 4.79 Å². The van der Waals surface area contributed by atoms with Crippen molar-refractivity contribution in [2.45, 2.75) is 24.5 Å². The third-order valence-corrected chi connectivity index (χ3v) is 4.12. The van der Waals surface area contributed by atoms with Crippen LogP contribution >= 0.6 is 11.8 Å². The average Bonchev–Trinajstić information content (AvgIpc) is 2.87. The second kappa shape index (κ2) is 5.90. The predicted molar refractivity (Wildman–Crippen MR) is 65.9 cm³/mol. The van der Waals surface area contributed by atoms with Crippen LogP contribution in [0.4, 0.5) is 0 Å². The Morgan fingerprint density at radius 2 is 2.39 bits per heavy atom. The third-order valence-electron chi connectivity index (χ3n) is 2.72. The molecule has 2 rings (SSSR count). The molecule has 1 aliphatic heterocycles. The summed E-state index contributed by atoms with van der Waals surface area (Å²) < 4.78 is 4.52. The Balaban J connectivity index is 1.84. The Hall–Kier alpha value is -1.50. The summed E-state index contributed by atoms with van der Waals surface area (Å²) in [6, 6.07) is 1.13. The lowest BCUT2D eigenvalue weighted by Crippen LogP contribution is -2.32. The molecule has 1 aliphatic rings. The van der Waals surface area contributed by atoms with Crippen molar-refractivity contribution in [2.75, 3.05) is 12.3 Å². The highest BCUT2D eigenvalue weighted by Gasteiger charge is 2.19. The molecule has 98 valence electrons. The van der Waals surface area contributed by atoms with Gasteiger partial charge in [0.15, 0.2) is 5.69 Å². The molecule has 0 aromatic carbocycles. The van der Waals surface area contributed by atoms with E-state index in [2.05, 4.69) is 15.0 Å². The first kappa shape index (κ1) is 12.9. The third kappa shape index (κ3) is 3.25. The van der Waals surface area contributed by atoms with Crippen LogP contribution < -0.4 is 5.32 Å². The molecule has 1 saturated heterocycles. The van der Waals surface area contributed by atoms with E-state index in [4.69, 9.17) is 5.11 Å². The maximum absolute atomic E-state index is 11.7. The van der Waals surface area contributed by atoms with Crippen molar-refractivity contribution in [1.29, 1.82) is 0 Å². The molecule has 1 fully saturated rings. The molecule has 0 bridgehead atoms. The number of nitrogens with one attached hydrogen (secondary N) is 1. The van der Waals surface area contributed by atoms with E-state index in [1.807, 2.05) is 11.8 Å². The van der Waals surface area contributed by atoms with Crippen molar-refractivity contribution in [2.24, 2.45) is 0 Å². The Bertz CT molecular complexity index is 440. The van der Waals surface area contributed by atoms with E-state index in [9.17, 15) is 9.59 Å². The van der Waals surface area contributed by atoms with Gasteiger partial charge in [0.1, 0.15) is 0 Å². The molecule has 0 spiro atoms. The van der Waals surface area contributed by atoms with Crippen LogP contribution in [0, 0.1) is 0 Å². The van der Waals surface area contributed by atoms with Gasteiger partial charge in [0, 0.05) is 17.9 Å². The van der Waals surface area contributed by atoms with Crippen molar-refractivity contribution >= 4 is 23.6 Å². The van der Waals surface area contributed by atoms with Crippen LogP contribution in [0.3, 0.4) is 0 Å². The number of amides is 1. The number of thioether (sulfide) groups is 1. The van der Waals surface area contributed by atoms with Crippen LogP contribution in [-0.4, -0.2) is 39.7 Å². The highest BCUT2D eigenvalue weighted by Crippen LogP contribution is 2.24. The smallest absolute Gasteiger partial charge is 0.374 e. The zero-order chi connectivity index (χ0) is 13.0. The van der Waals surface area contributed by atoms with Crippen molar-refractivity contribution in [3.05, 3.63) is 17.5 Å². The summed E-state index contributed by atoms with van der Waals surface area (Å²) in [5.74, 6) is -0.817. The van der Waals surface area contributed by atoms with Gasteiger partial charge in [0.25, 0.3) is 5.91 Å². The van der Waals surface area contributed by atoms with Gasteiger partial charge in [0.05, 0.1) is 0 Å². The van der Waals surface area contributed by atoms with E-state index in [-0.39, 0.29) is 11.5 Å². The topological polar surface area (TPSA) is 92.4 Å². The van der Waals surface area contributed by atoms with Crippen LogP contribution in [0.2, 0.25) is 0 Å². The van der Waals surface area contributed by atoms with Gasteiger partial charge in [-0.25, -0.2) is 4.79 Å². The average molecular weight is 270 g/mol. The number of aromatic carboxylic acids is 1. The molecule has 1 unspecified atom stereocenters. The summed E-state index contributed by atoms with van der Waals surface area (Å²) >= 11 is 1.86. The first-order valence-corrected chi connectivity index (χ1v) is 6.81. The van der Waals surface area contributed by atoms with E-state index in [0.717, 1.165) is 18.2 Å². The van der Waals surface area contributed by atoms with Crippen LogP contribution in [0.25, 0.3) is 0 Å². The number of aromatic nitrogens is 1. The standard InChI is InChI=1S/C11H14N2O4S/c14-10(8-5-9(11(15)16)17-13-8)12-6-7-3-1-2-4-18-7/h5,7H,1-4,6H2,(H,12,14)(H,15,16). The Morgan fingerprint density at radius 1 is 1.56 bits per heavy atom. The van der Waals surface area contributed by atoms with E-state index >= 15 is 0 Å². The molecule has 0 saturated carbocycles. The Labute approximate surface area is 108 Å². The molecule has 18 heavy (non-hydrogen) atoms. The molecule has 2 heterocycles. The first-order chi connectivity index (χ1) is 8.66. The fourth-order valence-corrected chi connectivity index (χ4v) is 2.99. The van der Waals surface area contributed by atoms with Gasteiger partial charge in [-0.15, -0.1) is 0 Å². The summed E-state index contributed by atoms with van der Waals surface area (Å²) in [5, 5.41) is 15.3. The van der Waals surface area contributed by atoms with Gasteiger partial charge in [0.2, 0.25) is 5.76 Å². The lowest BCUT2D eigenvalue weighted by atomic mass is 10.2. The molecule has 6 nitrogen and oxygen atoms in total. The second-order valence-corrected chi connectivity index (χ2v) is 5.49. The second-order valence-electron chi connectivity index (χ2n) is 4.08. The zero-order valence-electron chi connectivity index (χ0n) is 9.72. The van der Waals surface area contributed by atoms with Crippen molar-refractivity contribution in [3.8, 4) is 0 Å². The minimum absolute atomic E-state index is 0.00760. The van der Waals surface area contributed by atoms with E-state index in [1.54, 1.807) is 0 Å². The van der Waals surface area contributed by atoms with Gasteiger partial charge in [-0.2, -0.15) is 11.8 Å². The number of carboxylic acids is 1. The lowest BCUT2D eigenvalue weighted by Gasteiger charge is -2.20. The Kier molecular flexibility index (Phi) is 4.24. The number of rotatable bonds is 4. The largest absolute Gasteiger partial charge is 0.475 e. The minimum atomic E-state index is -1.23. The summed E-state index contributed by atoms with van der Waals surface area (Å²) in [7, 11) is 0. The van der Waals surface area contributed by atoms with Crippen molar-refractivity contribution < 1.29 is 19.2 Å². The summed E-state index contributed by atoms with van der Waals surface area (Å²) in [6.07, 6.45) is 3.53. The fourth-order valence-electron chi connectivity index (χ4n) is 1.75. The Morgan fingerprint density at radius 3 is 3.00 bits per heavy atom. The molecular weight excluding hydrogens is 256 g/mol. The molecule has 0 radical (unpaired) electrons. The van der Waals surface area contributed by atoms with Crippen LogP contribution in [0.15, 0.2) is 10.6 Å². The number of carboxylic acid groups (broad SMARTS) is 1. The first-order valence-electron chi connectivity index (χ1n) is 5.76. The van der Waals surface area contributed by atoms with E-state index in [0.29, 0.717) is 11.8 Å². The highest BCUT2D eigenvalue weighted by molar-refractivity contribution is 7.99. The van der Waals surface area contributed by atoms with Crippen LogP contribution in [0.5, 0.6) is 0 Å². The minimum Gasteiger partial charge on any atom is -0.475 e. The predicted octanol–water partition coefficient (Wildman–Crippen LogP) is 1.39. The summed E-state index contributed by atoms with van der Waals surface area (Å²) in [4.78, 5) is 22.3. The molecule has 1 aromatic rings. The van der Waals surface area contributed by atoms with E-state index in [1.165, 1.54) is 12.8 Å². The fraction of sp³-hybridized carbons (Fsp3) is 0.545. The highest BCUT2D eigenvalue weighted by atomic mass is 32.2. The molecule has 2 N–H and O–H groups in total. The normalized spacial score (nSPS) is 19.4. The van der Waals surface area contributed by atoms with Gasteiger partial charge >= 0.3 is 5.97 Å².